The molecule has 30 heavy (non-hydrogen) atoms. The maximum Gasteiger partial charge on any atom is 0.227 e. The highest BCUT2D eigenvalue weighted by molar-refractivity contribution is 8.00. The van der Waals surface area contributed by atoms with Crippen molar-refractivity contribution in [3.05, 3.63) is 60.4 Å². The van der Waals surface area contributed by atoms with Gasteiger partial charge in [0.25, 0.3) is 0 Å². The molecular weight excluding hydrogens is 403 g/mol. The summed E-state index contributed by atoms with van der Waals surface area (Å²) in [6.07, 6.45) is 1.89. The Kier molecular flexibility index (Phi) is 6.39. The molecule has 2 aliphatic heterocycles. The number of ether oxygens (including phenoxy) is 1. The fourth-order valence-corrected chi connectivity index (χ4v) is 5.25. The summed E-state index contributed by atoms with van der Waals surface area (Å²) in [5.74, 6) is -0.966. The molecular formula is C23H25FN2O3S. The third kappa shape index (κ3) is 4.84. The summed E-state index contributed by atoms with van der Waals surface area (Å²) < 4.78 is 18.6. The smallest absolute Gasteiger partial charge is 0.227 e. The molecule has 0 bridgehead atoms. The van der Waals surface area contributed by atoms with Crippen LogP contribution in [-0.4, -0.2) is 42.9 Å². The van der Waals surface area contributed by atoms with Gasteiger partial charge in [0.1, 0.15) is 5.82 Å². The van der Waals surface area contributed by atoms with Crippen molar-refractivity contribution in [3.8, 4) is 0 Å². The number of carbonyl (C=O) groups is 2. The number of carbonyl (C=O) groups excluding carboxylic acids is 2. The molecule has 158 valence electrons. The van der Waals surface area contributed by atoms with Crippen molar-refractivity contribution in [3.63, 3.8) is 0 Å². The molecule has 5 nitrogen and oxygen atoms in total. The minimum Gasteiger partial charge on any atom is -0.381 e. The van der Waals surface area contributed by atoms with E-state index in [4.69, 9.17) is 4.74 Å². The molecule has 0 radical (unpaired) electrons. The Balaban J connectivity index is 1.39. The number of anilines is 1. The monoisotopic (exact) mass is 428 g/mol. The van der Waals surface area contributed by atoms with Crippen LogP contribution in [0.15, 0.2) is 59.5 Å². The molecule has 0 spiro atoms. The number of halogens is 1. The van der Waals surface area contributed by atoms with Crippen LogP contribution in [0.2, 0.25) is 0 Å². The summed E-state index contributed by atoms with van der Waals surface area (Å²) in [4.78, 5) is 28.0. The number of thioether (sulfide) groups is 1. The normalized spacial score (nSPS) is 20.9. The highest BCUT2D eigenvalue weighted by Gasteiger charge is 2.38. The van der Waals surface area contributed by atoms with E-state index >= 15 is 0 Å². The largest absolute Gasteiger partial charge is 0.381 e. The van der Waals surface area contributed by atoms with Crippen molar-refractivity contribution in [1.82, 2.24) is 5.32 Å². The van der Waals surface area contributed by atoms with Gasteiger partial charge in [-0.05, 0) is 49.2 Å². The molecule has 2 aromatic carbocycles. The molecule has 1 unspecified atom stereocenters. The van der Waals surface area contributed by atoms with E-state index in [1.165, 1.54) is 17.0 Å². The number of nitrogens with one attached hydrogen (secondary N) is 1. The van der Waals surface area contributed by atoms with E-state index in [9.17, 15) is 14.0 Å². The van der Waals surface area contributed by atoms with Crippen LogP contribution < -0.4 is 10.2 Å². The minimum atomic E-state index is -0.402. The van der Waals surface area contributed by atoms with Gasteiger partial charge < -0.3 is 15.0 Å². The number of amides is 2. The Hall–Kier alpha value is -2.38. The lowest BCUT2D eigenvalue weighted by molar-refractivity contribution is -0.126. The Morgan fingerprint density at radius 3 is 2.53 bits per heavy atom. The molecule has 2 aromatic rings. The van der Waals surface area contributed by atoms with Crippen molar-refractivity contribution in [2.75, 3.05) is 31.2 Å². The van der Waals surface area contributed by atoms with Crippen molar-refractivity contribution in [2.24, 2.45) is 5.92 Å². The Labute approximate surface area is 180 Å². The van der Waals surface area contributed by atoms with Gasteiger partial charge in [0.15, 0.2) is 0 Å². The predicted molar refractivity (Wildman–Crippen MR) is 115 cm³/mol. The van der Waals surface area contributed by atoms with Crippen LogP contribution in [0, 0.1) is 11.7 Å². The lowest BCUT2D eigenvalue weighted by Crippen LogP contribution is -2.46. The summed E-state index contributed by atoms with van der Waals surface area (Å²) in [6, 6.07) is 16.0. The molecule has 0 saturated carbocycles. The number of hydrogen-bond acceptors (Lipinski definition) is 4. The first-order valence-corrected chi connectivity index (χ1v) is 11.0. The maximum absolute atomic E-state index is 13.2. The first kappa shape index (κ1) is 20.9. The topological polar surface area (TPSA) is 58.6 Å². The van der Waals surface area contributed by atoms with Gasteiger partial charge in [0.05, 0.1) is 5.92 Å². The van der Waals surface area contributed by atoms with Gasteiger partial charge in [-0.1, -0.05) is 18.2 Å². The van der Waals surface area contributed by atoms with Crippen LogP contribution in [-0.2, 0) is 14.3 Å². The summed E-state index contributed by atoms with van der Waals surface area (Å²) >= 11 is 1.79. The zero-order chi connectivity index (χ0) is 21.0. The quantitative estimate of drug-likeness (QED) is 0.763. The second-order valence-electron chi connectivity index (χ2n) is 7.81. The van der Waals surface area contributed by atoms with Gasteiger partial charge in [-0.15, -0.1) is 11.8 Å². The minimum absolute atomic E-state index is 0.104. The van der Waals surface area contributed by atoms with Crippen molar-refractivity contribution >= 4 is 29.3 Å². The second kappa shape index (κ2) is 9.18. The van der Waals surface area contributed by atoms with E-state index in [2.05, 4.69) is 17.4 Å². The number of hydrogen-bond donors (Lipinski definition) is 1. The summed E-state index contributed by atoms with van der Waals surface area (Å²) in [5.41, 5.74) is 0.622. The third-order valence-electron chi connectivity index (χ3n) is 5.70. The molecule has 2 fully saturated rings. The van der Waals surface area contributed by atoms with Gasteiger partial charge in [0.2, 0.25) is 11.8 Å². The van der Waals surface area contributed by atoms with Crippen LogP contribution in [0.25, 0.3) is 0 Å². The average molecular weight is 429 g/mol. The Morgan fingerprint density at radius 2 is 1.83 bits per heavy atom. The predicted octanol–water partition coefficient (Wildman–Crippen LogP) is 3.64. The molecule has 0 aliphatic carbocycles. The molecule has 2 amide bonds. The van der Waals surface area contributed by atoms with E-state index in [0.717, 1.165) is 12.8 Å². The maximum atomic E-state index is 13.2. The number of rotatable bonds is 6. The lowest BCUT2D eigenvalue weighted by Gasteiger charge is -2.37. The molecule has 2 saturated heterocycles. The Bertz CT molecular complexity index is 885. The SMILES string of the molecule is O=C(NCC1(Sc2ccccc2)CCOCC1)C1CC(=O)N(c2ccc(F)cc2)C1. The fraction of sp³-hybridized carbons (Fsp3) is 0.391. The van der Waals surface area contributed by atoms with Crippen LogP contribution in [0.1, 0.15) is 19.3 Å². The van der Waals surface area contributed by atoms with E-state index in [0.29, 0.717) is 32.0 Å². The van der Waals surface area contributed by atoms with Gasteiger partial charge in [-0.25, -0.2) is 4.39 Å². The molecule has 2 aliphatic rings. The molecule has 4 rings (SSSR count). The van der Waals surface area contributed by atoms with Crippen LogP contribution in [0.5, 0.6) is 0 Å². The van der Waals surface area contributed by atoms with Crippen LogP contribution in [0.3, 0.4) is 0 Å². The van der Waals surface area contributed by atoms with Crippen LogP contribution >= 0.6 is 11.8 Å². The number of nitrogens with zero attached hydrogens (tertiary/aromatic N) is 1. The van der Waals surface area contributed by atoms with Crippen molar-refractivity contribution < 1.29 is 18.7 Å². The highest BCUT2D eigenvalue weighted by Crippen LogP contribution is 2.40. The number of benzene rings is 2. The van der Waals surface area contributed by atoms with E-state index in [1.807, 2.05) is 18.2 Å². The van der Waals surface area contributed by atoms with Gasteiger partial charge in [-0.2, -0.15) is 0 Å². The van der Waals surface area contributed by atoms with E-state index < -0.39 is 5.92 Å². The molecule has 2 heterocycles. The second-order valence-corrected chi connectivity index (χ2v) is 9.35. The summed E-state index contributed by atoms with van der Waals surface area (Å²) in [6.45, 7) is 2.21. The molecule has 1 N–H and O–H groups in total. The van der Waals surface area contributed by atoms with Gasteiger partial charge in [0, 0.05) is 48.1 Å². The third-order valence-corrected chi connectivity index (χ3v) is 7.19. The summed E-state index contributed by atoms with van der Waals surface area (Å²) in [7, 11) is 0. The lowest BCUT2D eigenvalue weighted by atomic mass is 9.98. The van der Waals surface area contributed by atoms with E-state index in [1.54, 1.807) is 28.8 Å². The molecule has 0 aromatic heterocycles. The van der Waals surface area contributed by atoms with Gasteiger partial charge in [-0.3, -0.25) is 9.59 Å². The standard InChI is InChI=1S/C23H25FN2O3S/c24-18-6-8-19(9-7-18)26-15-17(14-21(26)27)22(28)25-16-23(10-12-29-13-11-23)30-20-4-2-1-3-5-20/h1-9,17H,10-16H2,(H,25,28). The zero-order valence-corrected chi connectivity index (χ0v) is 17.5. The van der Waals surface area contributed by atoms with Gasteiger partial charge >= 0.3 is 0 Å². The first-order valence-electron chi connectivity index (χ1n) is 10.2. The average Bonchev–Trinajstić information content (AvgIpc) is 3.16. The van der Waals surface area contributed by atoms with Crippen molar-refractivity contribution in [1.29, 1.82) is 0 Å². The zero-order valence-electron chi connectivity index (χ0n) is 16.7. The Morgan fingerprint density at radius 1 is 1.13 bits per heavy atom. The van der Waals surface area contributed by atoms with Crippen molar-refractivity contribution in [2.45, 2.75) is 28.9 Å². The highest BCUT2D eigenvalue weighted by atomic mass is 32.2. The first-order chi connectivity index (χ1) is 14.5. The summed E-state index contributed by atoms with van der Waals surface area (Å²) in [5, 5.41) is 3.10. The fourth-order valence-electron chi connectivity index (χ4n) is 3.94. The van der Waals surface area contributed by atoms with Crippen LogP contribution in [0.4, 0.5) is 10.1 Å². The molecule has 7 heteroatoms. The van der Waals surface area contributed by atoms with E-state index in [-0.39, 0.29) is 28.8 Å². The molecule has 1 atom stereocenters.